The summed E-state index contributed by atoms with van der Waals surface area (Å²) in [5.74, 6) is -0.597. The maximum absolute atomic E-state index is 8.71. The van der Waals surface area contributed by atoms with Crippen molar-refractivity contribution in [2.45, 2.75) is 0 Å². The number of hydrogen-bond donors (Lipinski definition) is 6. The van der Waals surface area contributed by atoms with Crippen LogP contribution < -0.4 is 0 Å². The Labute approximate surface area is 138 Å². The molecule has 6 N–H and O–H groups in total. The molecule has 0 heterocycles. The lowest BCUT2D eigenvalue weighted by Gasteiger charge is -1.96. The zero-order chi connectivity index (χ0) is 17.9. The first-order chi connectivity index (χ1) is 11.4. The van der Waals surface area contributed by atoms with E-state index in [0.717, 1.165) is 0 Å². The smallest absolute Gasteiger partial charge is 0.200 e. The maximum atomic E-state index is 8.71. The molecule has 0 fully saturated rings. The first-order valence-electron chi connectivity index (χ1n) is 6.82. The maximum Gasteiger partial charge on any atom is 0.200 e. The fourth-order valence-electron chi connectivity index (χ4n) is 1.44. The summed E-state index contributed by atoms with van der Waals surface area (Å²) in [6.45, 7) is 0. The van der Waals surface area contributed by atoms with Crippen LogP contribution in [0.25, 0.3) is 0 Å². The van der Waals surface area contributed by atoms with Gasteiger partial charge in [0, 0.05) is 6.07 Å². The van der Waals surface area contributed by atoms with Gasteiger partial charge in [-0.05, 0) is 36.4 Å². The van der Waals surface area contributed by atoms with E-state index in [1.54, 1.807) is 30.3 Å². The molecular formula is C18H18O6. The van der Waals surface area contributed by atoms with Crippen LogP contribution in [0, 0.1) is 0 Å². The standard InChI is InChI=1S/C6H6O3.C6H6O2.C6H6O/c7-4-2-1-3-5(8)6(4)9;7-5-2-1-3-6(8)4-5;7-6-4-2-1-3-5-6/h1-3,7-9H;1-4,7-8H;1-5,7H. The molecule has 0 radical (unpaired) electrons. The minimum atomic E-state index is -0.475. The highest BCUT2D eigenvalue weighted by Crippen LogP contribution is 2.32. The lowest BCUT2D eigenvalue weighted by molar-refractivity contribution is 0.368. The summed E-state index contributed by atoms with van der Waals surface area (Å²) in [4.78, 5) is 0. The Balaban J connectivity index is 0.000000181. The molecule has 6 nitrogen and oxygen atoms in total. The van der Waals surface area contributed by atoms with Crippen LogP contribution in [0.3, 0.4) is 0 Å². The van der Waals surface area contributed by atoms with Crippen LogP contribution in [0.2, 0.25) is 0 Å². The molecule has 0 atom stereocenters. The number of para-hydroxylation sites is 2. The largest absolute Gasteiger partial charge is 0.508 e. The van der Waals surface area contributed by atoms with Gasteiger partial charge in [0.25, 0.3) is 0 Å². The summed E-state index contributed by atoms with van der Waals surface area (Å²) < 4.78 is 0. The van der Waals surface area contributed by atoms with Crippen LogP contribution >= 0.6 is 0 Å². The number of aromatic hydroxyl groups is 6. The average molecular weight is 330 g/mol. The summed E-state index contributed by atoms with van der Waals surface area (Å²) >= 11 is 0. The lowest BCUT2D eigenvalue weighted by Crippen LogP contribution is -1.67. The van der Waals surface area contributed by atoms with Crippen molar-refractivity contribution in [1.29, 1.82) is 0 Å². The summed E-state index contributed by atoms with van der Waals surface area (Å²) in [7, 11) is 0. The van der Waals surface area contributed by atoms with Crippen LogP contribution in [0.15, 0.2) is 72.8 Å². The molecule has 0 saturated carbocycles. The van der Waals surface area contributed by atoms with Crippen molar-refractivity contribution in [3.63, 3.8) is 0 Å². The second kappa shape index (κ2) is 9.47. The molecule has 0 amide bonds. The first kappa shape index (κ1) is 18.5. The van der Waals surface area contributed by atoms with Crippen LogP contribution in [-0.4, -0.2) is 30.6 Å². The predicted octanol–water partition coefficient (Wildman–Crippen LogP) is 3.29. The molecule has 126 valence electrons. The van der Waals surface area contributed by atoms with Gasteiger partial charge in [0.05, 0.1) is 0 Å². The highest BCUT2D eigenvalue weighted by molar-refractivity contribution is 5.47. The molecular weight excluding hydrogens is 312 g/mol. The molecule has 6 heteroatoms. The Bertz CT molecular complexity index is 706. The number of benzene rings is 3. The third kappa shape index (κ3) is 6.95. The molecule has 0 aromatic heterocycles. The Morgan fingerprint density at radius 1 is 0.417 bits per heavy atom. The molecule has 3 aromatic rings. The van der Waals surface area contributed by atoms with Gasteiger partial charge in [-0.25, -0.2) is 0 Å². The summed E-state index contributed by atoms with van der Waals surface area (Å²) in [5.41, 5.74) is 0. The van der Waals surface area contributed by atoms with Crippen LogP contribution in [0.4, 0.5) is 0 Å². The van der Waals surface area contributed by atoms with E-state index < -0.39 is 5.75 Å². The second-order valence-electron chi connectivity index (χ2n) is 4.50. The molecule has 24 heavy (non-hydrogen) atoms. The van der Waals surface area contributed by atoms with Crippen molar-refractivity contribution in [1.82, 2.24) is 0 Å². The van der Waals surface area contributed by atoms with Gasteiger partial charge in [-0.3, -0.25) is 0 Å². The van der Waals surface area contributed by atoms with Crippen molar-refractivity contribution in [3.8, 4) is 34.5 Å². The Hall–Kier alpha value is -3.54. The quantitative estimate of drug-likeness (QED) is 0.352. The van der Waals surface area contributed by atoms with Crippen LogP contribution in [-0.2, 0) is 0 Å². The molecule has 0 unspecified atom stereocenters. The topological polar surface area (TPSA) is 121 Å². The SMILES string of the molecule is Oc1cccc(O)c1.Oc1cccc(O)c1O.Oc1ccccc1. The minimum Gasteiger partial charge on any atom is -0.508 e. The minimum absolute atomic E-state index is 0.0880. The third-order valence-electron chi connectivity index (χ3n) is 2.58. The van der Waals surface area contributed by atoms with Gasteiger partial charge in [0.2, 0.25) is 0 Å². The molecule has 3 rings (SSSR count). The van der Waals surface area contributed by atoms with E-state index in [1.807, 2.05) is 6.07 Å². The molecule has 0 bridgehead atoms. The molecule has 0 aliphatic heterocycles. The zero-order valence-corrected chi connectivity index (χ0v) is 12.6. The van der Waals surface area contributed by atoms with Crippen molar-refractivity contribution in [3.05, 3.63) is 72.8 Å². The molecule has 3 aromatic carbocycles. The van der Waals surface area contributed by atoms with Gasteiger partial charge in [0.1, 0.15) is 17.2 Å². The molecule has 0 saturated heterocycles. The predicted molar refractivity (Wildman–Crippen MR) is 89.3 cm³/mol. The van der Waals surface area contributed by atoms with E-state index in [2.05, 4.69) is 0 Å². The number of phenolic OH excluding ortho intramolecular Hbond substituents is 6. The van der Waals surface area contributed by atoms with Gasteiger partial charge in [-0.1, -0.05) is 30.3 Å². The Kier molecular flexibility index (Phi) is 7.30. The highest BCUT2D eigenvalue weighted by atomic mass is 16.3. The zero-order valence-electron chi connectivity index (χ0n) is 12.6. The van der Waals surface area contributed by atoms with Crippen molar-refractivity contribution < 1.29 is 30.6 Å². The number of rotatable bonds is 0. The highest BCUT2D eigenvalue weighted by Gasteiger charge is 2.00. The van der Waals surface area contributed by atoms with Gasteiger partial charge in [0.15, 0.2) is 17.2 Å². The van der Waals surface area contributed by atoms with Crippen LogP contribution in [0.5, 0.6) is 34.5 Å². The van der Waals surface area contributed by atoms with E-state index in [-0.39, 0.29) is 23.0 Å². The fraction of sp³-hybridized carbons (Fsp3) is 0. The van der Waals surface area contributed by atoms with Crippen molar-refractivity contribution in [2.75, 3.05) is 0 Å². The van der Waals surface area contributed by atoms with Crippen molar-refractivity contribution in [2.24, 2.45) is 0 Å². The Morgan fingerprint density at radius 2 is 0.833 bits per heavy atom. The number of phenols is 6. The third-order valence-corrected chi connectivity index (χ3v) is 2.58. The number of hydrogen-bond acceptors (Lipinski definition) is 6. The van der Waals surface area contributed by atoms with E-state index in [4.69, 9.17) is 30.6 Å². The van der Waals surface area contributed by atoms with E-state index in [0.29, 0.717) is 5.75 Å². The average Bonchev–Trinajstić information content (AvgIpc) is 2.54. The summed E-state index contributed by atoms with van der Waals surface area (Å²) in [5, 5.41) is 52.0. The fourth-order valence-corrected chi connectivity index (χ4v) is 1.44. The first-order valence-corrected chi connectivity index (χ1v) is 6.82. The Morgan fingerprint density at radius 3 is 1.12 bits per heavy atom. The molecule has 0 spiro atoms. The molecule has 0 aliphatic rings. The van der Waals surface area contributed by atoms with E-state index in [9.17, 15) is 0 Å². The van der Waals surface area contributed by atoms with Crippen molar-refractivity contribution >= 4 is 0 Å². The summed E-state index contributed by atoms with van der Waals surface area (Å²) in [6.07, 6.45) is 0. The monoisotopic (exact) mass is 330 g/mol. The van der Waals surface area contributed by atoms with Gasteiger partial charge >= 0.3 is 0 Å². The van der Waals surface area contributed by atoms with Gasteiger partial charge in [-0.2, -0.15) is 0 Å². The van der Waals surface area contributed by atoms with Crippen LogP contribution in [0.1, 0.15) is 0 Å². The van der Waals surface area contributed by atoms with Gasteiger partial charge in [-0.15, -0.1) is 0 Å². The normalized spacial score (nSPS) is 9.00. The second-order valence-corrected chi connectivity index (χ2v) is 4.50. The van der Waals surface area contributed by atoms with E-state index in [1.165, 1.54) is 36.4 Å². The van der Waals surface area contributed by atoms with E-state index >= 15 is 0 Å². The lowest BCUT2D eigenvalue weighted by atomic mass is 10.3. The molecule has 0 aliphatic carbocycles. The van der Waals surface area contributed by atoms with Gasteiger partial charge < -0.3 is 30.6 Å². The summed E-state index contributed by atoms with van der Waals surface area (Å²) in [6, 6.07) is 18.6.